The van der Waals surface area contributed by atoms with Crippen molar-refractivity contribution in [3.8, 4) is 0 Å². The topological polar surface area (TPSA) is 50.2 Å². The summed E-state index contributed by atoms with van der Waals surface area (Å²) in [4.78, 5) is 19.8. The second kappa shape index (κ2) is 8.57. The highest BCUT2D eigenvalue weighted by Crippen LogP contribution is 2.20. The van der Waals surface area contributed by atoms with Crippen molar-refractivity contribution in [1.82, 2.24) is 19.8 Å². The van der Waals surface area contributed by atoms with Gasteiger partial charge in [0, 0.05) is 37.6 Å². The lowest BCUT2D eigenvalue weighted by molar-refractivity contribution is 0.0931. The molecule has 1 aliphatic rings. The van der Waals surface area contributed by atoms with Crippen molar-refractivity contribution in [3.63, 3.8) is 0 Å². The zero-order valence-electron chi connectivity index (χ0n) is 16.5. The largest absolute Gasteiger partial charge is 0.352 e. The van der Waals surface area contributed by atoms with Gasteiger partial charge in [0.1, 0.15) is 5.82 Å². The molecule has 0 aliphatic carbocycles. The molecule has 2 heterocycles. The van der Waals surface area contributed by atoms with Crippen LogP contribution < -0.4 is 5.32 Å². The van der Waals surface area contributed by atoms with Crippen LogP contribution in [-0.4, -0.2) is 40.0 Å². The molecule has 2 aromatic carbocycles. The summed E-state index contributed by atoms with van der Waals surface area (Å²) in [6, 6.07) is 14.0. The summed E-state index contributed by atoms with van der Waals surface area (Å²) in [6.45, 7) is 6.81. The molecule has 0 bridgehead atoms. The lowest BCUT2D eigenvalue weighted by Crippen LogP contribution is -2.41. The number of aryl methyl sites for hydroxylation is 1. The van der Waals surface area contributed by atoms with E-state index in [0.717, 1.165) is 61.3 Å². The van der Waals surface area contributed by atoms with Crippen molar-refractivity contribution >= 4 is 16.7 Å². The van der Waals surface area contributed by atoms with Gasteiger partial charge in [-0.15, -0.1) is 0 Å². The quantitative estimate of drug-likeness (QED) is 0.714. The first kappa shape index (κ1) is 18.7. The molecule has 4 rings (SSSR count). The van der Waals surface area contributed by atoms with E-state index in [0.29, 0.717) is 5.92 Å². The number of likely N-dealkylation sites (tertiary alicyclic amines) is 1. The first-order chi connectivity index (χ1) is 13.7. The van der Waals surface area contributed by atoms with Gasteiger partial charge in [0.2, 0.25) is 0 Å². The van der Waals surface area contributed by atoms with Gasteiger partial charge < -0.3 is 9.88 Å². The molecule has 146 valence electrons. The highest BCUT2D eigenvalue weighted by molar-refractivity contribution is 6.06. The summed E-state index contributed by atoms with van der Waals surface area (Å²) in [5, 5.41) is 5.29. The average molecular weight is 377 g/mol. The maximum absolute atomic E-state index is 12.8. The number of fused-ring (bicyclic) bond motifs is 1. The highest BCUT2D eigenvalue weighted by atomic mass is 16.1. The number of hydrogen-bond acceptors (Lipinski definition) is 3. The first-order valence-corrected chi connectivity index (χ1v) is 10.2. The third-order valence-corrected chi connectivity index (χ3v) is 5.70. The smallest absolute Gasteiger partial charge is 0.251 e. The Morgan fingerprint density at radius 1 is 1.21 bits per heavy atom. The molecule has 0 saturated carbocycles. The molecular weight excluding hydrogens is 348 g/mol. The Bertz CT molecular complexity index is 943. The lowest BCUT2D eigenvalue weighted by atomic mass is 9.97. The Labute approximate surface area is 166 Å². The van der Waals surface area contributed by atoms with Crippen molar-refractivity contribution in [3.05, 3.63) is 66.2 Å². The third kappa shape index (κ3) is 4.09. The molecule has 28 heavy (non-hydrogen) atoms. The molecule has 1 saturated heterocycles. The average Bonchev–Trinajstić information content (AvgIpc) is 3.19. The van der Waals surface area contributed by atoms with Gasteiger partial charge in [-0.25, -0.2) is 4.98 Å². The van der Waals surface area contributed by atoms with E-state index in [2.05, 4.69) is 26.7 Å². The summed E-state index contributed by atoms with van der Waals surface area (Å²) >= 11 is 0. The summed E-state index contributed by atoms with van der Waals surface area (Å²) in [5.41, 5.74) is 0.760. The van der Waals surface area contributed by atoms with Crippen LogP contribution in [0.1, 0.15) is 35.9 Å². The number of aromatic nitrogens is 2. The number of carbonyl (C=O) groups is 1. The van der Waals surface area contributed by atoms with E-state index < -0.39 is 0 Å². The molecule has 0 unspecified atom stereocenters. The molecule has 1 atom stereocenters. The molecule has 1 amide bonds. The van der Waals surface area contributed by atoms with Crippen LogP contribution in [0.4, 0.5) is 0 Å². The summed E-state index contributed by atoms with van der Waals surface area (Å²) in [7, 11) is 0. The summed E-state index contributed by atoms with van der Waals surface area (Å²) in [5.74, 6) is 1.64. The van der Waals surface area contributed by atoms with Crippen LogP contribution in [0, 0.1) is 5.92 Å². The molecule has 0 radical (unpaired) electrons. The summed E-state index contributed by atoms with van der Waals surface area (Å²) < 4.78 is 2.20. The van der Waals surface area contributed by atoms with Crippen LogP contribution in [-0.2, 0) is 13.1 Å². The number of benzene rings is 2. The lowest BCUT2D eigenvalue weighted by Gasteiger charge is -2.32. The van der Waals surface area contributed by atoms with E-state index in [1.54, 1.807) is 0 Å². The SMILES string of the molecule is CCn1ccnc1CN1CCC[C@H](CNC(=O)c2cccc3ccccc23)C1. The molecular formula is C23H28N4O. The molecule has 1 N–H and O–H groups in total. The van der Waals surface area contributed by atoms with Crippen molar-refractivity contribution < 1.29 is 4.79 Å². The van der Waals surface area contributed by atoms with Crippen molar-refractivity contribution in [1.29, 1.82) is 0 Å². The Balaban J connectivity index is 1.36. The van der Waals surface area contributed by atoms with Crippen LogP contribution in [0.15, 0.2) is 54.9 Å². The Morgan fingerprint density at radius 2 is 2.07 bits per heavy atom. The fraction of sp³-hybridized carbons (Fsp3) is 0.391. The fourth-order valence-corrected chi connectivity index (χ4v) is 4.20. The van der Waals surface area contributed by atoms with E-state index in [-0.39, 0.29) is 5.91 Å². The number of carbonyl (C=O) groups excluding carboxylic acids is 1. The third-order valence-electron chi connectivity index (χ3n) is 5.70. The number of amides is 1. The van der Waals surface area contributed by atoms with E-state index in [4.69, 9.17) is 0 Å². The number of rotatable bonds is 6. The minimum Gasteiger partial charge on any atom is -0.352 e. The highest BCUT2D eigenvalue weighted by Gasteiger charge is 2.22. The predicted octanol–water partition coefficient (Wildman–Crippen LogP) is 3.70. The second-order valence-corrected chi connectivity index (χ2v) is 7.61. The molecule has 5 nitrogen and oxygen atoms in total. The Hall–Kier alpha value is -2.66. The van der Waals surface area contributed by atoms with Crippen LogP contribution in [0.2, 0.25) is 0 Å². The van der Waals surface area contributed by atoms with Crippen LogP contribution in [0.25, 0.3) is 10.8 Å². The second-order valence-electron chi connectivity index (χ2n) is 7.61. The standard InChI is InChI=1S/C23H28N4O/c1-2-27-14-12-24-22(27)17-26-13-6-7-18(16-26)15-25-23(28)21-11-5-9-19-8-3-4-10-20(19)21/h3-5,8-12,14,18H,2,6-7,13,15-17H2,1H3,(H,25,28)/t18-/m1/s1. The van der Waals surface area contributed by atoms with Gasteiger partial charge in [0.15, 0.2) is 0 Å². The summed E-state index contributed by atoms with van der Waals surface area (Å²) in [6.07, 6.45) is 6.25. The Kier molecular flexibility index (Phi) is 5.72. The molecule has 5 heteroatoms. The number of nitrogens with zero attached hydrogens (tertiary/aromatic N) is 3. The minimum atomic E-state index is 0.0236. The van der Waals surface area contributed by atoms with Gasteiger partial charge in [-0.3, -0.25) is 9.69 Å². The van der Waals surface area contributed by atoms with Crippen LogP contribution in [0.3, 0.4) is 0 Å². The van der Waals surface area contributed by atoms with Gasteiger partial charge in [-0.2, -0.15) is 0 Å². The van der Waals surface area contributed by atoms with Gasteiger partial charge in [0.05, 0.1) is 6.54 Å². The van der Waals surface area contributed by atoms with E-state index >= 15 is 0 Å². The minimum absolute atomic E-state index is 0.0236. The van der Waals surface area contributed by atoms with Gasteiger partial charge >= 0.3 is 0 Å². The van der Waals surface area contributed by atoms with E-state index in [9.17, 15) is 4.79 Å². The molecule has 1 fully saturated rings. The van der Waals surface area contributed by atoms with E-state index in [1.807, 2.05) is 54.9 Å². The molecule has 0 spiro atoms. The molecule has 3 aromatic rings. The maximum Gasteiger partial charge on any atom is 0.251 e. The number of imidazole rings is 1. The first-order valence-electron chi connectivity index (χ1n) is 10.2. The number of piperidine rings is 1. The molecule has 1 aromatic heterocycles. The van der Waals surface area contributed by atoms with E-state index in [1.165, 1.54) is 6.42 Å². The van der Waals surface area contributed by atoms with Crippen molar-refractivity contribution in [2.24, 2.45) is 5.92 Å². The van der Waals surface area contributed by atoms with Gasteiger partial charge in [-0.1, -0.05) is 36.4 Å². The van der Waals surface area contributed by atoms with Crippen molar-refractivity contribution in [2.75, 3.05) is 19.6 Å². The fourth-order valence-electron chi connectivity index (χ4n) is 4.20. The zero-order chi connectivity index (χ0) is 19.3. The van der Waals surface area contributed by atoms with Crippen molar-refractivity contribution in [2.45, 2.75) is 32.9 Å². The molecule has 1 aliphatic heterocycles. The van der Waals surface area contributed by atoms with Crippen LogP contribution >= 0.6 is 0 Å². The predicted molar refractivity (Wildman–Crippen MR) is 112 cm³/mol. The van der Waals surface area contributed by atoms with Crippen LogP contribution in [0.5, 0.6) is 0 Å². The number of nitrogens with one attached hydrogen (secondary N) is 1. The van der Waals surface area contributed by atoms with Gasteiger partial charge in [-0.05, 0) is 49.1 Å². The normalized spacial score (nSPS) is 17.7. The van der Waals surface area contributed by atoms with Gasteiger partial charge in [0.25, 0.3) is 5.91 Å². The monoisotopic (exact) mass is 376 g/mol. The Morgan fingerprint density at radius 3 is 2.96 bits per heavy atom. The maximum atomic E-state index is 12.8. The number of hydrogen-bond donors (Lipinski definition) is 1. The zero-order valence-corrected chi connectivity index (χ0v) is 16.5.